The van der Waals surface area contributed by atoms with Crippen LogP contribution in [-0.2, 0) is 0 Å². The molecule has 0 bridgehead atoms. The van der Waals surface area contributed by atoms with Crippen LogP contribution in [0.5, 0.6) is 0 Å². The maximum atomic E-state index is 5.87. The number of thiophene rings is 1. The van der Waals surface area contributed by atoms with Gasteiger partial charge in [-0.05, 0) is 56.4 Å². The Kier molecular flexibility index (Phi) is 4.66. The Labute approximate surface area is 131 Å². The van der Waals surface area contributed by atoms with E-state index in [1.807, 2.05) is 32.1 Å². The molecule has 0 aliphatic carbocycles. The van der Waals surface area contributed by atoms with E-state index >= 15 is 0 Å². The van der Waals surface area contributed by atoms with Crippen LogP contribution < -0.4 is 5.66 Å². The molecule has 0 fully saturated rings. The van der Waals surface area contributed by atoms with Gasteiger partial charge in [-0.25, -0.2) is 0 Å². The van der Waals surface area contributed by atoms with Gasteiger partial charge >= 0.3 is 0 Å². The number of hydrogen-bond acceptors (Lipinski definition) is 3. The molecule has 0 aromatic carbocycles. The molecule has 20 heavy (non-hydrogen) atoms. The summed E-state index contributed by atoms with van der Waals surface area (Å²) in [4.78, 5) is 3.48. The smallest absolute Gasteiger partial charge is 0.167 e. The van der Waals surface area contributed by atoms with Gasteiger partial charge in [0.05, 0.1) is 0 Å². The van der Waals surface area contributed by atoms with Crippen molar-refractivity contribution in [2.45, 2.75) is 27.7 Å². The molecule has 0 saturated heterocycles. The number of rotatable bonds is 3. The highest BCUT2D eigenvalue weighted by Gasteiger charge is 2.16. The molecule has 0 aliphatic heterocycles. The van der Waals surface area contributed by atoms with Gasteiger partial charge in [0.2, 0.25) is 0 Å². The Morgan fingerprint density at radius 1 is 1.30 bits per heavy atom. The third kappa shape index (κ3) is 3.13. The second kappa shape index (κ2) is 6.11. The molecule has 2 rings (SSSR count). The normalized spacial score (nSPS) is 13.1. The van der Waals surface area contributed by atoms with Gasteiger partial charge in [0, 0.05) is 26.6 Å². The molecule has 2 heterocycles. The first kappa shape index (κ1) is 15.3. The second-order valence-electron chi connectivity index (χ2n) is 4.75. The van der Waals surface area contributed by atoms with Crippen molar-refractivity contribution in [3.8, 4) is 11.1 Å². The van der Waals surface area contributed by atoms with E-state index in [2.05, 4.69) is 32.5 Å². The van der Waals surface area contributed by atoms with Gasteiger partial charge < -0.3 is 4.42 Å². The molecule has 1 nitrogen and oxygen atoms in total. The van der Waals surface area contributed by atoms with Crippen molar-refractivity contribution in [1.82, 2.24) is 0 Å². The number of allylic oxidation sites excluding steroid dienone is 4. The Morgan fingerprint density at radius 2 is 2.00 bits per heavy atom. The van der Waals surface area contributed by atoms with E-state index in [4.69, 9.17) is 12.3 Å². The summed E-state index contributed by atoms with van der Waals surface area (Å²) in [6.45, 7) is 8.16. The first-order valence-corrected chi connectivity index (χ1v) is 7.69. The Hall–Kier alpha value is -1.13. The molecule has 0 atom stereocenters. The summed E-state index contributed by atoms with van der Waals surface area (Å²) >= 11 is 6.13. The van der Waals surface area contributed by atoms with Gasteiger partial charge in [-0.3, -0.25) is 0 Å². The molecule has 2 aromatic heterocycles. The monoisotopic (exact) mass is 300 g/mol. The van der Waals surface area contributed by atoms with E-state index < -0.39 is 0 Å². The van der Waals surface area contributed by atoms with Crippen LogP contribution >= 0.6 is 24.0 Å². The summed E-state index contributed by atoms with van der Waals surface area (Å²) in [6, 6.07) is 4.08. The average Bonchev–Trinajstić information content (AvgIpc) is 2.88. The minimum atomic E-state index is 0.433. The zero-order chi connectivity index (χ0) is 14.9. The largest absolute Gasteiger partial charge is 0.472 e. The Morgan fingerprint density at radius 3 is 2.50 bits per heavy atom. The summed E-state index contributed by atoms with van der Waals surface area (Å²) in [7, 11) is 5.87. The topological polar surface area (TPSA) is 13.1 Å². The van der Waals surface area contributed by atoms with Crippen LogP contribution in [0.4, 0.5) is 0 Å². The zero-order valence-corrected chi connectivity index (χ0v) is 13.9. The van der Waals surface area contributed by atoms with E-state index in [9.17, 15) is 0 Å². The minimum absolute atomic E-state index is 0.433. The maximum absolute atomic E-state index is 5.87. The summed E-state index contributed by atoms with van der Waals surface area (Å²) in [5.41, 5.74) is 3.66. The van der Waals surface area contributed by atoms with Crippen molar-refractivity contribution in [1.29, 1.82) is 0 Å². The first-order valence-electron chi connectivity index (χ1n) is 6.43. The van der Waals surface area contributed by atoms with Crippen molar-refractivity contribution in [3.05, 3.63) is 44.7 Å². The van der Waals surface area contributed by atoms with E-state index in [-0.39, 0.29) is 0 Å². The summed E-state index contributed by atoms with van der Waals surface area (Å²) in [5, 5.41) is 0. The molecule has 2 radical (unpaired) electrons. The average molecular weight is 300 g/mol. The predicted octanol–water partition coefficient (Wildman–Crippen LogP) is 4.66. The Balaban J connectivity index is 2.62. The summed E-state index contributed by atoms with van der Waals surface area (Å²) in [6.07, 6.45) is 4.00. The van der Waals surface area contributed by atoms with Crippen LogP contribution in [0.1, 0.15) is 29.4 Å². The lowest BCUT2D eigenvalue weighted by molar-refractivity contribution is 0.588. The first-order chi connectivity index (χ1) is 9.42. The van der Waals surface area contributed by atoms with Crippen LogP contribution in [0.2, 0.25) is 0 Å². The molecule has 0 saturated carbocycles. The van der Waals surface area contributed by atoms with E-state index in [1.165, 1.54) is 15.3 Å². The molecule has 4 heteroatoms. The molecular formula is C16H17BOS2. The van der Waals surface area contributed by atoms with Gasteiger partial charge in [-0.1, -0.05) is 6.08 Å². The van der Waals surface area contributed by atoms with Crippen molar-refractivity contribution in [2.24, 2.45) is 0 Å². The van der Waals surface area contributed by atoms with Crippen LogP contribution in [0.15, 0.2) is 33.6 Å². The Bertz CT molecular complexity index is 685. The molecule has 0 spiro atoms. The zero-order valence-electron chi connectivity index (χ0n) is 12.2. The van der Waals surface area contributed by atoms with E-state index in [0.717, 1.165) is 21.8 Å². The lowest BCUT2D eigenvalue weighted by Crippen LogP contribution is -1.93. The lowest BCUT2D eigenvalue weighted by atomic mass is 9.99. The minimum Gasteiger partial charge on any atom is -0.472 e. The fourth-order valence-electron chi connectivity index (χ4n) is 2.23. The highest BCUT2D eigenvalue weighted by atomic mass is 32.1. The van der Waals surface area contributed by atoms with Crippen LogP contribution in [0.3, 0.4) is 0 Å². The van der Waals surface area contributed by atoms with Gasteiger partial charge in [0.1, 0.15) is 5.76 Å². The van der Waals surface area contributed by atoms with Crippen molar-refractivity contribution < 1.29 is 4.42 Å². The van der Waals surface area contributed by atoms with Crippen molar-refractivity contribution in [3.63, 3.8) is 0 Å². The highest BCUT2D eigenvalue weighted by molar-refractivity contribution is 7.84. The van der Waals surface area contributed by atoms with E-state index in [1.54, 1.807) is 11.3 Å². The van der Waals surface area contributed by atoms with Crippen LogP contribution in [0.25, 0.3) is 16.7 Å². The third-order valence-electron chi connectivity index (χ3n) is 3.02. The van der Waals surface area contributed by atoms with Crippen LogP contribution in [0, 0.1) is 13.8 Å². The second-order valence-corrected chi connectivity index (χ2v) is 6.91. The quantitative estimate of drug-likeness (QED) is 0.494. The van der Waals surface area contributed by atoms with Gasteiger partial charge in [-0.2, -0.15) is 0 Å². The molecule has 102 valence electrons. The number of furan rings is 1. The number of aryl methyl sites for hydroxylation is 2. The summed E-state index contributed by atoms with van der Waals surface area (Å²) in [5.74, 6) is 0.805. The predicted molar refractivity (Wildman–Crippen MR) is 93.3 cm³/mol. The molecule has 0 amide bonds. The number of hydrogen-bond donors (Lipinski definition) is 1. The van der Waals surface area contributed by atoms with Crippen molar-refractivity contribution >= 4 is 43.0 Å². The standard InChI is InChI=1S/C16H17BOS2/c1-5-12(6-9(2)19)16-14(8-15(17)18-16)13-7-10(3)20-11(13)4/h5-8,19H,1-4H3/b9-6-,12-5-. The van der Waals surface area contributed by atoms with Gasteiger partial charge in [0.15, 0.2) is 7.85 Å². The summed E-state index contributed by atoms with van der Waals surface area (Å²) < 4.78 is 5.72. The van der Waals surface area contributed by atoms with Gasteiger partial charge in [-0.15, -0.1) is 24.0 Å². The van der Waals surface area contributed by atoms with Gasteiger partial charge in [0.25, 0.3) is 0 Å². The molecule has 0 unspecified atom stereocenters. The van der Waals surface area contributed by atoms with E-state index in [0.29, 0.717) is 5.66 Å². The molecule has 2 aromatic rings. The third-order valence-corrected chi connectivity index (χ3v) is 4.11. The lowest BCUT2D eigenvalue weighted by Gasteiger charge is -2.04. The number of thiol groups is 1. The van der Waals surface area contributed by atoms with Crippen molar-refractivity contribution in [2.75, 3.05) is 0 Å². The molecule has 0 aliphatic rings. The highest BCUT2D eigenvalue weighted by Crippen LogP contribution is 2.36. The fraction of sp³-hybridized carbons (Fsp3) is 0.250. The molecule has 0 N–H and O–H groups in total. The van der Waals surface area contributed by atoms with Crippen LogP contribution in [-0.4, -0.2) is 7.85 Å². The fourth-order valence-corrected chi connectivity index (χ4v) is 3.31. The SMILES string of the molecule is [B]c1cc(-c2cc(C)sc2C)c(C(/C=C(/C)S)=C\C)o1. The molecular weight excluding hydrogens is 283 g/mol. The maximum Gasteiger partial charge on any atom is 0.167 e.